The maximum absolute atomic E-state index is 13.3. The van der Waals surface area contributed by atoms with Crippen molar-refractivity contribution < 1.29 is 9.59 Å². The van der Waals surface area contributed by atoms with Gasteiger partial charge in [0.25, 0.3) is 11.5 Å². The van der Waals surface area contributed by atoms with Crippen LogP contribution in [0.4, 0.5) is 4.79 Å². The number of hydrogen-bond acceptors (Lipinski definition) is 4. The zero-order valence-corrected chi connectivity index (χ0v) is 15.2. The summed E-state index contributed by atoms with van der Waals surface area (Å²) in [6, 6.07) is 8.41. The predicted molar refractivity (Wildman–Crippen MR) is 97.1 cm³/mol. The molecule has 1 fully saturated rings. The van der Waals surface area contributed by atoms with Crippen LogP contribution in [0, 0.1) is 0 Å². The molecular weight excluding hydrogens is 348 g/mol. The molecule has 1 saturated heterocycles. The summed E-state index contributed by atoms with van der Waals surface area (Å²) in [5.74, 6) is -0.340. The smallest absolute Gasteiger partial charge is 0.319 e. The highest BCUT2D eigenvalue weighted by Crippen LogP contribution is 2.40. The highest BCUT2D eigenvalue weighted by atomic mass is 16.2. The van der Waals surface area contributed by atoms with Gasteiger partial charge in [-0.3, -0.25) is 23.6 Å². The first-order chi connectivity index (χ1) is 12.8. The van der Waals surface area contributed by atoms with E-state index < -0.39 is 22.8 Å². The third-order valence-electron chi connectivity index (χ3n) is 5.60. The number of rotatable bonds is 2. The molecule has 8 nitrogen and oxygen atoms in total. The van der Waals surface area contributed by atoms with E-state index in [2.05, 4.69) is 5.32 Å². The van der Waals surface area contributed by atoms with Crippen molar-refractivity contribution in [1.29, 1.82) is 0 Å². The highest BCUT2D eigenvalue weighted by molar-refractivity contribution is 6.07. The largest absolute Gasteiger partial charge is 0.330 e. The van der Waals surface area contributed by atoms with E-state index in [4.69, 9.17) is 0 Å². The zero-order valence-electron chi connectivity index (χ0n) is 15.2. The monoisotopic (exact) mass is 368 g/mol. The van der Waals surface area contributed by atoms with Crippen LogP contribution >= 0.6 is 0 Å². The predicted octanol–water partition coefficient (Wildman–Crippen LogP) is 0.368. The van der Waals surface area contributed by atoms with Gasteiger partial charge in [-0.2, -0.15) is 0 Å². The van der Waals surface area contributed by atoms with Gasteiger partial charge in [0, 0.05) is 25.9 Å². The molecule has 1 aliphatic carbocycles. The summed E-state index contributed by atoms with van der Waals surface area (Å²) in [4.78, 5) is 51.1. The van der Waals surface area contributed by atoms with E-state index >= 15 is 0 Å². The van der Waals surface area contributed by atoms with Gasteiger partial charge in [0.2, 0.25) is 0 Å². The standard InChI is InChI=1S/C19H20N4O4/c1-21-13(10-15(24)22(2)18(21)27)11-23-16(25)19(20-17(23)26)9-5-7-12-6-3-4-8-14(12)19/h3-4,6,8,10H,5,7,9,11H2,1-2H3,(H,20,26)/t19-/m0/s1. The van der Waals surface area contributed by atoms with Crippen molar-refractivity contribution in [3.05, 3.63) is 68.0 Å². The van der Waals surface area contributed by atoms with Gasteiger partial charge in [0.15, 0.2) is 0 Å². The van der Waals surface area contributed by atoms with E-state index in [1.807, 2.05) is 24.3 Å². The Bertz CT molecular complexity index is 1080. The Hall–Kier alpha value is -3.16. The summed E-state index contributed by atoms with van der Waals surface area (Å²) in [5.41, 5.74) is 0.160. The summed E-state index contributed by atoms with van der Waals surface area (Å²) in [6.07, 6.45) is 2.19. The first-order valence-corrected chi connectivity index (χ1v) is 8.83. The minimum atomic E-state index is -1.06. The Kier molecular flexibility index (Phi) is 3.80. The van der Waals surface area contributed by atoms with Crippen LogP contribution in [0.2, 0.25) is 0 Å². The van der Waals surface area contributed by atoms with Gasteiger partial charge in [-0.1, -0.05) is 24.3 Å². The van der Waals surface area contributed by atoms with Crippen molar-refractivity contribution in [2.75, 3.05) is 0 Å². The summed E-state index contributed by atoms with van der Waals surface area (Å²) in [6.45, 7) is -0.129. The topological polar surface area (TPSA) is 93.4 Å². The van der Waals surface area contributed by atoms with Crippen molar-refractivity contribution in [2.45, 2.75) is 31.3 Å². The molecule has 1 aliphatic heterocycles. The van der Waals surface area contributed by atoms with Crippen molar-refractivity contribution in [3.8, 4) is 0 Å². The molecule has 0 radical (unpaired) electrons. The van der Waals surface area contributed by atoms with Gasteiger partial charge >= 0.3 is 11.7 Å². The Morgan fingerprint density at radius 1 is 1.07 bits per heavy atom. The number of amides is 3. The van der Waals surface area contributed by atoms with Gasteiger partial charge in [-0.05, 0) is 30.4 Å². The molecular formula is C19H20N4O4. The molecule has 4 rings (SSSR count). The van der Waals surface area contributed by atoms with E-state index in [-0.39, 0.29) is 12.5 Å². The van der Waals surface area contributed by atoms with Crippen molar-refractivity contribution in [1.82, 2.24) is 19.4 Å². The van der Waals surface area contributed by atoms with Gasteiger partial charge < -0.3 is 5.32 Å². The summed E-state index contributed by atoms with van der Waals surface area (Å²) in [7, 11) is 2.90. The van der Waals surface area contributed by atoms with Gasteiger partial charge in [-0.25, -0.2) is 9.59 Å². The van der Waals surface area contributed by atoms with Crippen molar-refractivity contribution in [3.63, 3.8) is 0 Å². The van der Waals surface area contributed by atoms with Crippen LogP contribution in [0.3, 0.4) is 0 Å². The maximum Gasteiger partial charge on any atom is 0.330 e. The number of aromatic nitrogens is 2. The minimum Gasteiger partial charge on any atom is -0.319 e. The number of imide groups is 1. The maximum atomic E-state index is 13.3. The number of carbonyl (C=O) groups excluding carboxylic acids is 2. The molecule has 1 atom stereocenters. The molecule has 1 N–H and O–H groups in total. The SMILES string of the molecule is Cn1c(CN2C(=O)N[C@]3(CCCc4ccccc43)C2=O)cc(=O)n(C)c1=O. The first kappa shape index (κ1) is 17.3. The molecule has 140 valence electrons. The lowest BCUT2D eigenvalue weighted by Gasteiger charge is -2.33. The van der Waals surface area contributed by atoms with Crippen LogP contribution in [-0.4, -0.2) is 26.0 Å². The third kappa shape index (κ3) is 2.43. The lowest BCUT2D eigenvalue weighted by Crippen LogP contribution is -2.46. The second kappa shape index (κ2) is 5.94. The summed E-state index contributed by atoms with van der Waals surface area (Å²) in [5, 5.41) is 2.87. The number of aryl methyl sites for hydroxylation is 1. The molecule has 0 bridgehead atoms. The Balaban J connectivity index is 1.74. The number of hydrogen-bond donors (Lipinski definition) is 1. The fourth-order valence-electron chi connectivity index (χ4n) is 4.05. The van der Waals surface area contributed by atoms with E-state index in [1.165, 1.54) is 24.7 Å². The molecule has 3 amide bonds. The second-order valence-corrected chi connectivity index (χ2v) is 7.11. The van der Waals surface area contributed by atoms with Crippen LogP contribution in [0.1, 0.15) is 29.7 Å². The fraction of sp³-hybridized carbons (Fsp3) is 0.368. The molecule has 1 spiro atoms. The average molecular weight is 368 g/mol. The number of fused-ring (bicyclic) bond motifs is 2. The van der Waals surface area contributed by atoms with Crippen LogP contribution in [0.15, 0.2) is 39.9 Å². The minimum absolute atomic E-state index is 0.129. The van der Waals surface area contributed by atoms with E-state index in [0.717, 1.165) is 33.4 Å². The van der Waals surface area contributed by atoms with Crippen LogP contribution < -0.4 is 16.6 Å². The van der Waals surface area contributed by atoms with E-state index in [1.54, 1.807) is 0 Å². The number of benzene rings is 1. The normalized spacial score (nSPS) is 21.5. The molecule has 0 unspecified atom stereocenters. The molecule has 2 aliphatic rings. The van der Waals surface area contributed by atoms with Gasteiger partial charge in [-0.15, -0.1) is 0 Å². The summed E-state index contributed by atoms with van der Waals surface area (Å²) < 4.78 is 2.26. The Labute approximate surface area is 155 Å². The fourth-order valence-corrected chi connectivity index (χ4v) is 4.05. The van der Waals surface area contributed by atoms with Crippen molar-refractivity contribution >= 4 is 11.9 Å². The van der Waals surface area contributed by atoms with E-state index in [0.29, 0.717) is 12.1 Å². The number of nitrogens with one attached hydrogen (secondary N) is 1. The second-order valence-electron chi connectivity index (χ2n) is 7.11. The van der Waals surface area contributed by atoms with Crippen molar-refractivity contribution in [2.24, 2.45) is 14.1 Å². The molecule has 0 saturated carbocycles. The lowest BCUT2D eigenvalue weighted by molar-refractivity contribution is -0.132. The van der Waals surface area contributed by atoms with Gasteiger partial charge in [0.05, 0.1) is 6.54 Å². The van der Waals surface area contributed by atoms with Crippen LogP contribution in [0.5, 0.6) is 0 Å². The molecule has 2 aromatic rings. The average Bonchev–Trinajstić information content (AvgIpc) is 2.89. The van der Waals surface area contributed by atoms with Crippen LogP contribution in [0.25, 0.3) is 0 Å². The molecule has 8 heteroatoms. The Morgan fingerprint density at radius 3 is 2.59 bits per heavy atom. The summed E-state index contributed by atoms with van der Waals surface area (Å²) >= 11 is 0. The molecule has 27 heavy (non-hydrogen) atoms. The Morgan fingerprint density at radius 2 is 1.81 bits per heavy atom. The zero-order chi connectivity index (χ0) is 19.3. The lowest BCUT2D eigenvalue weighted by atomic mass is 9.76. The first-order valence-electron chi connectivity index (χ1n) is 8.83. The molecule has 1 aromatic heterocycles. The molecule has 2 heterocycles. The quantitative estimate of drug-likeness (QED) is 0.775. The highest BCUT2D eigenvalue weighted by Gasteiger charge is 2.53. The van der Waals surface area contributed by atoms with Crippen LogP contribution in [-0.2, 0) is 37.4 Å². The van der Waals surface area contributed by atoms with E-state index in [9.17, 15) is 19.2 Å². The molecule has 1 aromatic carbocycles. The number of carbonyl (C=O) groups is 2. The number of urea groups is 1. The number of nitrogens with zero attached hydrogens (tertiary/aromatic N) is 3. The van der Waals surface area contributed by atoms with Gasteiger partial charge in [0.1, 0.15) is 5.54 Å². The third-order valence-corrected chi connectivity index (χ3v) is 5.60.